The van der Waals surface area contributed by atoms with Crippen LogP contribution in [0.3, 0.4) is 0 Å². The molecule has 0 aliphatic heterocycles. The van der Waals surface area contributed by atoms with Crippen LogP contribution in [0.5, 0.6) is 0 Å². The quantitative estimate of drug-likeness (QED) is 0.814. The summed E-state index contributed by atoms with van der Waals surface area (Å²) in [5.41, 5.74) is 8.34. The minimum atomic E-state index is 0.00627. The molecule has 15 heavy (non-hydrogen) atoms. The largest absolute Gasteiger partial charge is 0.324 e. The smallest absolute Gasteiger partial charge is 0.0247 e. The van der Waals surface area contributed by atoms with E-state index >= 15 is 0 Å². The van der Waals surface area contributed by atoms with Gasteiger partial charge >= 0.3 is 0 Å². The fraction of sp³-hybridized carbons (Fsp3) is 0.692. The van der Waals surface area contributed by atoms with Crippen molar-refractivity contribution in [3.8, 4) is 0 Å². The minimum absolute atomic E-state index is 0.00627. The summed E-state index contributed by atoms with van der Waals surface area (Å²) in [6.45, 7) is 4.66. The number of hydrogen-bond acceptors (Lipinski definition) is 2. The summed E-state index contributed by atoms with van der Waals surface area (Å²) < 4.78 is 0. The van der Waals surface area contributed by atoms with Gasteiger partial charge in [-0.05, 0) is 47.1 Å². The van der Waals surface area contributed by atoms with Gasteiger partial charge in [0.1, 0.15) is 0 Å². The molecule has 1 heterocycles. The molecule has 1 aliphatic rings. The molecule has 2 heteroatoms. The second-order valence-corrected chi connectivity index (χ2v) is 6.34. The topological polar surface area (TPSA) is 26.0 Å². The third-order valence-corrected chi connectivity index (χ3v) is 4.85. The van der Waals surface area contributed by atoms with Crippen molar-refractivity contribution in [1.82, 2.24) is 0 Å². The zero-order valence-corrected chi connectivity index (χ0v) is 10.6. The summed E-state index contributed by atoms with van der Waals surface area (Å²) in [5.74, 6) is 0. The predicted octanol–water partition coefficient (Wildman–Crippen LogP) is 3.59. The lowest BCUT2D eigenvalue weighted by molar-refractivity contribution is 0.0991. The Hall–Kier alpha value is -0.340. The molecule has 0 aromatic carbocycles. The zero-order chi connectivity index (χ0) is 10.9. The van der Waals surface area contributed by atoms with E-state index in [-0.39, 0.29) is 11.0 Å². The van der Waals surface area contributed by atoms with Crippen molar-refractivity contribution in [3.05, 3.63) is 22.4 Å². The third-order valence-electron chi connectivity index (χ3n) is 4.12. The molecule has 0 radical (unpaired) electrons. The van der Waals surface area contributed by atoms with Gasteiger partial charge in [-0.3, -0.25) is 0 Å². The molecule has 1 aromatic heterocycles. The summed E-state index contributed by atoms with van der Waals surface area (Å²) in [7, 11) is 0. The van der Waals surface area contributed by atoms with Crippen LogP contribution in [0.4, 0.5) is 0 Å². The predicted molar refractivity (Wildman–Crippen MR) is 67.2 cm³/mol. The van der Waals surface area contributed by atoms with Crippen LogP contribution in [0.1, 0.15) is 45.1 Å². The molecule has 1 unspecified atom stereocenters. The van der Waals surface area contributed by atoms with Crippen molar-refractivity contribution < 1.29 is 0 Å². The maximum absolute atomic E-state index is 6.63. The van der Waals surface area contributed by atoms with E-state index in [0.717, 1.165) is 6.42 Å². The average molecular weight is 223 g/mol. The molecule has 0 amide bonds. The van der Waals surface area contributed by atoms with E-state index in [2.05, 4.69) is 30.7 Å². The summed E-state index contributed by atoms with van der Waals surface area (Å²) in [6, 6.07) is 2.21. The van der Waals surface area contributed by atoms with Crippen LogP contribution < -0.4 is 5.73 Å². The number of hydrogen-bond donors (Lipinski definition) is 1. The Bertz CT molecular complexity index is 315. The molecular formula is C13H21NS. The van der Waals surface area contributed by atoms with Gasteiger partial charge in [0, 0.05) is 5.54 Å². The summed E-state index contributed by atoms with van der Waals surface area (Å²) in [5, 5.41) is 4.38. The average Bonchev–Trinajstić information content (AvgIpc) is 2.63. The molecule has 1 aromatic rings. The van der Waals surface area contributed by atoms with Gasteiger partial charge in [-0.15, -0.1) is 0 Å². The third kappa shape index (κ3) is 2.11. The van der Waals surface area contributed by atoms with Gasteiger partial charge in [0.05, 0.1) is 0 Å². The van der Waals surface area contributed by atoms with Gasteiger partial charge in [-0.2, -0.15) is 11.3 Å². The standard InChI is InChI=1S/C13H21NS/c1-12(2)6-3-4-7-13(12,14)9-11-5-8-15-10-11/h5,8,10H,3-4,6-7,9,14H2,1-2H3. The second kappa shape index (κ2) is 3.91. The van der Waals surface area contributed by atoms with Crippen molar-refractivity contribution in [3.63, 3.8) is 0 Å². The first-order chi connectivity index (χ1) is 7.04. The highest BCUT2D eigenvalue weighted by Gasteiger charge is 2.43. The Morgan fingerprint density at radius 1 is 1.33 bits per heavy atom. The summed E-state index contributed by atoms with van der Waals surface area (Å²) in [6.07, 6.45) is 6.13. The summed E-state index contributed by atoms with van der Waals surface area (Å²) >= 11 is 1.77. The maximum Gasteiger partial charge on any atom is 0.0247 e. The van der Waals surface area contributed by atoms with Crippen LogP contribution in [0.25, 0.3) is 0 Å². The first-order valence-electron chi connectivity index (χ1n) is 5.83. The van der Waals surface area contributed by atoms with Gasteiger partial charge in [0.25, 0.3) is 0 Å². The van der Waals surface area contributed by atoms with E-state index in [1.54, 1.807) is 11.3 Å². The van der Waals surface area contributed by atoms with Crippen LogP contribution in [0.15, 0.2) is 16.8 Å². The van der Waals surface area contributed by atoms with Crippen molar-refractivity contribution >= 4 is 11.3 Å². The Morgan fingerprint density at radius 2 is 2.07 bits per heavy atom. The molecule has 1 nitrogen and oxygen atoms in total. The minimum Gasteiger partial charge on any atom is -0.324 e. The van der Waals surface area contributed by atoms with Crippen molar-refractivity contribution in [2.45, 2.75) is 51.5 Å². The van der Waals surface area contributed by atoms with E-state index in [0.29, 0.717) is 0 Å². The zero-order valence-electron chi connectivity index (χ0n) is 9.75. The molecule has 2 rings (SSSR count). The van der Waals surface area contributed by atoms with Gasteiger partial charge < -0.3 is 5.73 Å². The maximum atomic E-state index is 6.63. The molecule has 2 N–H and O–H groups in total. The highest BCUT2D eigenvalue weighted by Crippen LogP contribution is 2.43. The molecule has 0 bridgehead atoms. The van der Waals surface area contributed by atoms with E-state index < -0.39 is 0 Å². The van der Waals surface area contributed by atoms with Crippen LogP contribution in [-0.2, 0) is 6.42 Å². The highest BCUT2D eigenvalue weighted by atomic mass is 32.1. The Labute approximate surface area is 96.7 Å². The van der Waals surface area contributed by atoms with Crippen molar-refractivity contribution in [2.24, 2.45) is 11.1 Å². The SMILES string of the molecule is CC1(C)CCCCC1(N)Cc1ccsc1. The number of thiophene rings is 1. The molecule has 1 fully saturated rings. The monoisotopic (exact) mass is 223 g/mol. The normalized spacial score (nSPS) is 30.3. The van der Waals surface area contributed by atoms with Gasteiger partial charge in [0.2, 0.25) is 0 Å². The van der Waals surface area contributed by atoms with Crippen LogP contribution in [0.2, 0.25) is 0 Å². The van der Waals surface area contributed by atoms with Crippen molar-refractivity contribution in [2.75, 3.05) is 0 Å². The Balaban J connectivity index is 2.17. The highest BCUT2D eigenvalue weighted by molar-refractivity contribution is 7.07. The lowest BCUT2D eigenvalue weighted by atomic mass is 9.62. The fourth-order valence-corrected chi connectivity index (χ4v) is 3.35. The molecule has 1 atom stereocenters. The van der Waals surface area contributed by atoms with Gasteiger partial charge in [-0.1, -0.05) is 26.7 Å². The first kappa shape index (κ1) is 11.2. The fourth-order valence-electron chi connectivity index (χ4n) is 2.68. The lowest BCUT2D eigenvalue weighted by Gasteiger charge is -2.48. The molecule has 1 saturated carbocycles. The second-order valence-electron chi connectivity index (χ2n) is 5.56. The van der Waals surface area contributed by atoms with E-state index in [9.17, 15) is 0 Å². The molecule has 0 saturated heterocycles. The van der Waals surface area contributed by atoms with E-state index in [1.807, 2.05) is 0 Å². The number of nitrogens with two attached hydrogens (primary N) is 1. The van der Waals surface area contributed by atoms with Crippen molar-refractivity contribution in [1.29, 1.82) is 0 Å². The number of rotatable bonds is 2. The molecule has 0 spiro atoms. The van der Waals surface area contributed by atoms with Crippen LogP contribution >= 0.6 is 11.3 Å². The molecular weight excluding hydrogens is 202 g/mol. The summed E-state index contributed by atoms with van der Waals surface area (Å²) in [4.78, 5) is 0. The van der Waals surface area contributed by atoms with E-state index in [4.69, 9.17) is 5.73 Å². The molecule has 84 valence electrons. The Kier molecular flexibility index (Phi) is 2.91. The van der Waals surface area contributed by atoms with Crippen LogP contribution in [-0.4, -0.2) is 5.54 Å². The lowest BCUT2D eigenvalue weighted by Crippen LogP contribution is -2.56. The van der Waals surface area contributed by atoms with Gasteiger partial charge in [0.15, 0.2) is 0 Å². The van der Waals surface area contributed by atoms with E-state index in [1.165, 1.54) is 31.2 Å². The molecule has 1 aliphatic carbocycles. The Morgan fingerprint density at radius 3 is 2.67 bits per heavy atom. The van der Waals surface area contributed by atoms with Gasteiger partial charge in [-0.25, -0.2) is 0 Å². The van der Waals surface area contributed by atoms with Crippen LogP contribution in [0, 0.1) is 5.41 Å². The first-order valence-corrected chi connectivity index (χ1v) is 6.78.